The van der Waals surface area contributed by atoms with E-state index in [-0.39, 0.29) is 0 Å². The number of hydrogen-bond acceptors (Lipinski definition) is 5. The third-order valence-corrected chi connectivity index (χ3v) is 2.44. The molecule has 1 heterocycles. The lowest BCUT2D eigenvalue weighted by atomic mass is 10.2. The van der Waals surface area contributed by atoms with Crippen LogP contribution in [0.15, 0.2) is 30.5 Å². The number of halogens is 1. The van der Waals surface area contributed by atoms with Gasteiger partial charge in [0.1, 0.15) is 5.75 Å². The highest BCUT2D eigenvalue weighted by molar-refractivity contribution is 14.1. The van der Waals surface area contributed by atoms with Gasteiger partial charge in [-0.25, -0.2) is 0 Å². The van der Waals surface area contributed by atoms with E-state index in [1.807, 2.05) is 27.0 Å². The van der Waals surface area contributed by atoms with E-state index < -0.39 is 7.82 Å². The molecule has 1 aromatic carbocycles. The second kappa shape index (κ2) is 5.15. The van der Waals surface area contributed by atoms with Crippen molar-refractivity contribution >= 4 is 41.6 Å². The van der Waals surface area contributed by atoms with Crippen LogP contribution in [-0.2, 0) is 4.57 Å². The zero-order chi connectivity index (χ0) is 12.3. The molecule has 0 saturated heterocycles. The smallest absolute Gasteiger partial charge is 0.141 e. The topological polar surface area (TPSA) is 111 Å². The number of hydrogen-bond donors (Lipinski definition) is 1. The zero-order valence-corrected chi connectivity index (χ0v) is 10.8. The highest BCUT2D eigenvalue weighted by Crippen LogP contribution is 2.27. The van der Waals surface area contributed by atoms with Crippen LogP contribution < -0.4 is 14.7 Å². The molecule has 0 amide bonds. The minimum atomic E-state index is -5.39. The van der Waals surface area contributed by atoms with Gasteiger partial charge in [0.2, 0.25) is 0 Å². The van der Waals surface area contributed by atoms with Crippen LogP contribution >= 0.6 is 30.7 Å². The predicted molar refractivity (Wildman–Crippen MR) is 60.6 cm³/mol. The fourth-order valence-corrected chi connectivity index (χ4v) is 1.81. The van der Waals surface area contributed by atoms with Gasteiger partial charge in [-0.05, 0) is 12.1 Å². The Kier molecular flexibility index (Phi) is 4.34. The second-order valence-corrected chi connectivity index (χ2v) is 4.72. The van der Waals surface area contributed by atoms with Gasteiger partial charge in [0.15, 0.2) is 0 Å². The Morgan fingerprint density at radius 3 is 2.25 bits per heavy atom. The summed E-state index contributed by atoms with van der Waals surface area (Å²) in [6, 6.07) is 7.75. The van der Waals surface area contributed by atoms with Crippen LogP contribution in [0.4, 0.5) is 0 Å². The first-order chi connectivity index (χ1) is 7.29. The van der Waals surface area contributed by atoms with Crippen molar-refractivity contribution in [1.82, 2.24) is 2.78 Å². The molecule has 0 atom stereocenters. The van der Waals surface area contributed by atoms with Crippen LogP contribution in [0.3, 0.4) is 0 Å². The molecule has 0 saturated carbocycles. The average Bonchev–Trinajstić information content (AvgIpc) is 2.41. The van der Waals surface area contributed by atoms with E-state index in [1.165, 1.54) is 0 Å². The van der Waals surface area contributed by atoms with Crippen molar-refractivity contribution in [2.45, 2.75) is 0 Å². The Labute approximate surface area is 105 Å². The first kappa shape index (κ1) is 13.5. The lowest BCUT2D eigenvalue weighted by molar-refractivity contribution is -0.432. The van der Waals surface area contributed by atoms with Crippen molar-refractivity contribution in [1.29, 1.82) is 0 Å². The van der Waals surface area contributed by atoms with Crippen LogP contribution in [0, 0.1) is 0 Å². The summed E-state index contributed by atoms with van der Waals surface area (Å²) in [4.78, 5) is 25.6. The van der Waals surface area contributed by atoms with E-state index in [2.05, 4.69) is 22.9 Å². The highest BCUT2D eigenvalue weighted by atomic mass is 127. The Bertz CT molecular complexity index is 490. The number of fused-ring (bicyclic) bond motifs is 1. The number of rotatable bonds is 0. The summed E-state index contributed by atoms with van der Waals surface area (Å²) in [5.41, 5.74) is 1.05. The maximum atomic E-state index is 9.37. The molecule has 0 bridgehead atoms. The molecular weight excluding hydrogens is 348 g/mol. The zero-order valence-electron chi connectivity index (χ0n) is 7.74. The molecule has 2 rings (SSSR count). The standard InChI is InChI=1S/C8H6INO.H3O4P/c9-10-5-8(11)6-3-1-2-4-7(6)10;1-5(2,3)4/h1-5,11H;(H3,1,2,3,4)/p-3. The van der Waals surface area contributed by atoms with Gasteiger partial charge >= 0.3 is 0 Å². The quantitative estimate of drug-likeness (QED) is 0.517. The Morgan fingerprint density at radius 1 is 1.25 bits per heavy atom. The van der Waals surface area contributed by atoms with E-state index in [0.29, 0.717) is 5.75 Å². The summed E-state index contributed by atoms with van der Waals surface area (Å²) in [5, 5.41) is 10.3. The summed E-state index contributed by atoms with van der Waals surface area (Å²) >= 11 is 2.14. The number of aromatic nitrogens is 1. The molecule has 0 aliphatic heterocycles. The maximum Gasteiger partial charge on any atom is 0.141 e. The lowest BCUT2D eigenvalue weighted by Gasteiger charge is -2.36. The molecule has 2 aromatic rings. The van der Waals surface area contributed by atoms with E-state index in [0.717, 1.165) is 10.9 Å². The van der Waals surface area contributed by atoms with Gasteiger partial charge in [-0.15, -0.1) is 0 Å². The summed E-state index contributed by atoms with van der Waals surface area (Å²) in [6.45, 7) is 0. The SMILES string of the molecule is O=P([O-])([O-])[O-].Oc1cn(I)c2ccccc12. The molecule has 1 aromatic heterocycles. The molecular formula is C8H6INO5P-3. The predicted octanol–water partition coefficient (Wildman–Crippen LogP) is -0.280. The van der Waals surface area contributed by atoms with Crippen molar-refractivity contribution in [2.24, 2.45) is 0 Å². The van der Waals surface area contributed by atoms with Gasteiger partial charge in [-0.2, -0.15) is 7.82 Å². The molecule has 0 fully saturated rings. The summed E-state index contributed by atoms with van der Waals surface area (Å²) in [7, 11) is -5.39. The van der Waals surface area contributed by atoms with Crippen LogP contribution in [0.25, 0.3) is 10.9 Å². The van der Waals surface area contributed by atoms with E-state index >= 15 is 0 Å². The molecule has 1 N–H and O–H groups in total. The van der Waals surface area contributed by atoms with Crippen molar-refractivity contribution in [3.8, 4) is 5.75 Å². The third-order valence-electron chi connectivity index (χ3n) is 1.65. The van der Waals surface area contributed by atoms with Gasteiger partial charge in [0, 0.05) is 5.39 Å². The molecule has 0 radical (unpaired) electrons. The van der Waals surface area contributed by atoms with Gasteiger partial charge < -0.3 is 24.4 Å². The van der Waals surface area contributed by atoms with Crippen LogP contribution in [0.2, 0.25) is 0 Å². The first-order valence-electron chi connectivity index (χ1n) is 3.97. The number of para-hydroxylation sites is 1. The van der Waals surface area contributed by atoms with E-state index in [4.69, 9.17) is 19.2 Å². The molecule has 88 valence electrons. The largest absolute Gasteiger partial charge is 0.822 e. The van der Waals surface area contributed by atoms with Gasteiger partial charge in [0.25, 0.3) is 0 Å². The molecule has 6 nitrogen and oxygen atoms in total. The minimum Gasteiger partial charge on any atom is -0.822 e. The van der Waals surface area contributed by atoms with Crippen LogP contribution in [-0.4, -0.2) is 7.89 Å². The molecule has 0 aliphatic carbocycles. The van der Waals surface area contributed by atoms with Gasteiger partial charge in [-0.3, -0.25) is 2.78 Å². The van der Waals surface area contributed by atoms with Crippen molar-refractivity contribution in [2.75, 3.05) is 0 Å². The number of benzene rings is 1. The van der Waals surface area contributed by atoms with E-state index in [9.17, 15) is 5.11 Å². The first-order valence-corrected chi connectivity index (χ1v) is 6.40. The van der Waals surface area contributed by atoms with Crippen molar-refractivity contribution < 1.29 is 24.4 Å². The fourth-order valence-electron chi connectivity index (χ4n) is 1.12. The second-order valence-electron chi connectivity index (χ2n) is 2.79. The monoisotopic (exact) mass is 354 g/mol. The fraction of sp³-hybridized carbons (Fsp3) is 0. The Hall–Kier alpha value is -0.600. The summed E-state index contributed by atoms with van der Waals surface area (Å²) in [5.74, 6) is 0.343. The summed E-state index contributed by atoms with van der Waals surface area (Å²) in [6.07, 6.45) is 1.70. The van der Waals surface area contributed by atoms with Crippen LogP contribution in [0.5, 0.6) is 5.75 Å². The van der Waals surface area contributed by atoms with Crippen molar-refractivity contribution in [3.63, 3.8) is 0 Å². The number of phosphoric acid groups is 1. The lowest BCUT2D eigenvalue weighted by Crippen LogP contribution is -2.24. The molecule has 16 heavy (non-hydrogen) atoms. The number of aromatic hydroxyl groups is 1. The molecule has 0 unspecified atom stereocenters. The third kappa shape index (κ3) is 4.11. The normalized spacial score (nSPS) is 11.0. The summed E-state index contributed by atoms with van der Waals surface area (Å²) < 4.78 is 10.4. The van der Waals surface area contributed by atoms with E-state index in [1.54, 1.807) is 6.20 Å². The molecule has 0 spiro atoms. The Morgan fingerprint density at radius 2 is 1.75 bits per heavy atom. The molecule has 0 aliphatic rings. The van der Waals surface area contributed by atoms with Crippen LogP contribution in [0.1, 0.15) is 0 Å². The maximum absolute atomic E-state index is 9.37. The highest BCUT2D eigenvalue weighted by Gasteiger charge is 2.02. The number of nitrogens with zero attached hydrogens (tertiary/aromatic N) is 1. The minimum absolute atomic E-state index is 0.343. The average molecular weight is 354 g/mol. The van der Waals surface area contributed by atoms with Gasteiger partial charge in [-0.1, -0.05) is 12.1 Å². The molecule has 8 heteroatoms. The Balaban J connectivity index is 0.000000221. The van der Waals surface area contributed by atoms with Gasteiger partial charge in [0.05, 0.1) is 34.6 Å². The van der Waals surface area contributed by atoms with Crippen molar-refractivity contribution in [3.05, 3.63) is 30.5 Å².